The van der Waals surface area contributed by atoms with Crippen LogP contribution < -0.4 is 5.32 Å². The minimum Gasteiger partial charge on any atom is -0.368 e. The summed E-state index contributed by atoms with van der Waals surface area (Å²) in [6, 6.07) is 0. The molecule has 5 heteroatoms. The van der Waals surface area contributed by atoms with E-state index in [1.165, 1.54) is 0 Å². The van der Waals surface area contributed by atoms with Gasteiger partial charge in [-0.05, 0) is 44.2 Å². The number of nitrogens with one attached hydrogen (secondary N) is 1. The van der Waals surface area contributed by atoms with Crippen molar-refractivity contribution in [2.75, 3.05) is 32.8 Å². The quantitative estimate of drug-likeness (QED) is 0.753. The Morgan fingerprint density at radius 3 is 2.82 bits per heavy atom. The first-order valence-electron chi connectivity index (χ1n) is 6.45. The molecule has 0 aromatic heterocycles. The summed E-state index contributed by atoms with van der Waals surface area (Å²) < 4.78 is 5.47. The summed E-state index contributed by atoms with van der Waals surface area (Å²) in [4.78, 5) is 14.2. The molecule has 98 valence electrons. The number of nitrogens with zero attached hydrogens (tertiary/aromatic N) is 1. The zero-order chi connectivity index (χ0) is 11.0. The van der Waals surface area contributed by atoms with Crippen molar-refractivity contribution in [3.8, 4) is 0 Å². The molecule has 3 saturated heterocycles. The number of rotatable bonds is 1. The first-order valence-corrected chi connectivity index (χ1v) is 6.45. The number of halogens is 1. The molecule has 0 aromatic carbocycles. The van der Waals surface area contributed by atoms with Gasteiger partial charge in [-0.3, -0.25) is 4.79 Å². The molecule has 3 aliphatic heterocycles. The van der Waals surface area contributed by atoms with Gasteiger partial charge in [0, 0.05) is 19.7 Å². The van der Waals surface area contributed by atoms with Gasteiger partial charge in [0.1, 0.15) is 6.10 Å². The molecule has 0 bridgehead atoms. The van der Waals surface area contributed by atoms with E-state index in [9.17, 15) is 4.79 Å². The summed E-state index contributed by atoms with van der Waals surface area (Å²) in [6.45, 7) is 4.86. The SMILES string of the molecule is Cl.O=C(C1CCCO1)N1CCC2CNCC2C1. The summed E-state index contributed by atoms with van der Waals surface area (Å²) in [5.41, 5.74) is 0. The van der Waals surface area contributed by atoms with Gasteiger partial charge < -0.3 is 15.0 Å². The fourth-order valence-electron chi connectivity index (χ4n) is 3.21. The molecule has 0 aromatic rings. The molecule has 0 aliphatic carbocycles. The molecule has 17 heavy (non-hydrogen) atoms. The average molecular weight is 261 g/mol. The van der Waals surface area contributed by atoms with E-state index < -0.39 is 0 Å². The standard InChI is InChI=1S/C12H20N2O2.ClH/c15-12(11-2-1-5-16-11)14-4-3-9-6-13-7-10(9)8-14;/h9-11,13H,1-8H2;1H. The van der Waals surface area contributed by atoms with Crippen LogP contribution >= 0.6 is 12.4 Å². The van der Waals surface area contributed by atoms with Crippen LogP contribution in [0.2, 0.25) is 0 Å². The van der Waals surface area contributed by atoms with Crippen molar-refractivity contribution in [2.24, 2.45) is 11.8 Å². The van der Waals surface area contributed by atoms with Crippen LogP contribution in [0.25, 0.3) is 0 Å². The molecule has 4 nitrogen and oxygen atoms in total. The minimum atomic E-state index is -0.133. The molecule has 0 radical (unpaired) electrons. The molecule has 1 amide bonds. The third-order valence-electron chi connectivity index (χ3n) is 4.22. The summed E-state index contributed by atoms with van der Waals surface area (Å²) in [5, 5.41) is 3.42. The molecular formula is C12H21ClN2O2. The highest BCUT2D eigenvalue weighted by Crippen LogP contribution is 2.27. The van der Waals surface area contributed by atoms with E-state index in [0.717, 1.165) is 58.0 Å². The topological polar surface area (TPSA) is 41.6 Å². The molecule has 0 saturated carbocycles. The number of hydrogen-bond acceptors (Lipinski definition) is 3. The fraction of sp³-hybridized carbons (Fsp3) is 0.917. The third-order valence-corrected chi connectivity index (χ3v) is 4.22. The van der Waals surface area contributed by atoms with Gasteiger partial charge in [-0.1, -0.05) is 0 Å². The molecule has 3 rings (SSSR count). The van der Waals surface area contributed by atoms with Crippen LogP contribution in [-0.4, -0.2) is 49.7 Å². The van der Waals surface area contributed by atoms with Crippen LogP contribution in [0.1, 0.15) is 19.3 Å². The van der Waals surface area contributed by atoms with E-state index in [2.05, 4.69) is 5.32 Å². The second kappa shape index (κ2) is 5.55. The van der Waals surface area contributed by atoms with Crippen molar-refractivity contribution in [3.05, 3.63) is 0 Å². The van der Waals surface area contributed by atoms with Gasteiger partial charge >= 0.3 is 0 Å². The number of carbonyl (C=O) groups is 1. The smallest absolute Gasteiger partial charge is 0.251 e. The summed E-state index contributed by atoms with van der Waals surface area (Å²) in [6.07, 6.45) is 2.99. The molecule has 1 N–H and O–H groups in total. The highest BCUT2D eigenvalue weighted by Gasteiger charge is 2.37. The van der Waals surface area contributed by atoms with Crippen LogP contribution in [0.15, 0.2) is 0 Å². The maximum atomic E-state index is 12.2. The number of fused-ring (bicyclic) bond motifs is 1. The lowest BCUT2D eigenvalue weighted by Gasteiger charge is -2.35. The van der Waals surface area contributed by atoms with Crippen LogP contribution in [0.3, 0.4) is 0 Å². The molecule has 0 spiro atoms. The molecular weight excluding hydrogens is 240 g/mol. The molecule has 3 heterocycles. The van der Waals surface area contributed by atoms with Crippen LogP contribution in [0.5, 0.6) is 0 Å². The second-order valence-corrected chi connectivity index (χ2v) is 5.25. The van der Waals surface area contributed by atoms with E-state index in [1.54, 1.807) is 0 Å². The monoisotopic (exact) mass is 260 g/mol. The van der Waals surface area contributed by atoms with Crippen molar-refractivity contribution in [3.63, 3.8) is 0 Å². The number of hydrogen-bond donors (Lipinski definition) is 1. The van der Waals surface area contributed by atoms with Crippen molar-refractivity contribution < 1.29 is 9.53 Å². The molecule has 3 unspecified atom stereocenters. The van der Waals surface area contributed by atoms with Crippen molar-refractivity contribution in [1.29, 1.82) is 0 Å². The predicted molar refractivity (Wildman–Crippen MR) is 67.3 cm³/mol. The Balaban J connectivity index is 0.00000108. The van der Waals surface area contributed by atoms with Crippen molar-refractivity contribution in [2.45, 2.75) is 25.4 Å². The highest BCUT2D eigenvalue weighted by molar-refractivity contribution is 5.85. The van der Waals surface area contributed by atoms with Gasteiger partial charge in [-0.2, -0.15) is 0 Å². The average Bonchev–Trinajstić information content (AvgIpc) is 2.98. The van der Waals surface area contributed by atoms with E-state index in [4.69, 9.17) is 4.74 Å². The molecule has 3 atom stereocenters. The Hall–Kier alpha value is -0.320. The first-order chi connectivity index (χ1) is 7.84. The largest absolute Gasteiger partial charge is 0.368 e. The van der Waals surface area contributed by atoms with Crippen LogP contribution in [-0.2, 0) is 9.53 Å². The van der Waals surface area contributed by atoms with Gasteiger partial charge in [0.05, 0.1) is 0 Å². The maximum Gasteiger partial charge on any atom is 0.251 e. The van der Waals surface area contributed by atoms with E-state index in [1.807, 2.05) is 4.90 Å². The number of likely N-dealkylation sites (tertiary alicyclic amines) is 1. The molecule has 3 fully saturated rings. The Morgan fingerprint density at radius 1 is 1.24 bits per heavy atom. The fourth-order valence-corrected chi connectivity index (χ4v) is 3.21. The lowest BCUT2D eigenvalue weighted by Crippen LogP contribution is -2.47. The zero-order valence-electron chi connectivity index (χ0n) is 10.1. The van der Waals surface area contributed by atoms with Gasteiger partial charge in [0.2, 0.25) is 0 Å². The maximum absolute atomic E-state index is 12.2. The third kappa shape index (κ3) is 2.59. The van der Waals surface area contributed by atoms with Crippen molar-refractivity contribution >= 4 is 18.3 Å². The number of amides is 1. The van der Waals surface area contributed by atoms with Gasteiger partial charge in [-0.15, -0.1) is 12.4 Å². The van der Waals surface area contributed by atoms with E-state index in [0.29, 0.717) is 5.92 Å². The lowest BCUT2D eigenvalue weighted by molar-refractivity contribution is -0.143. The van der Waals surface area contributed by atoms with Gasteiger partial charge in [0.25, 0.3) is 5.91 Å². The predicted octanol–water partition coefficient (Wildman–Crippen LogP) is 0.655. The summed E-state index contributed by atoms with van der Waals surface area (Å²) in [5.74, 6) is 1.72. The van der Waals surface area contributed by atoms with Gasteiger partial charge in [0.15, 0.2) is 0 Å². The Bertz CT molecular complexity index is 282. The Labute approximate surface area is 108 Å². The summed E-state index contributed by atoms with van der Waals surface area (Å²) >= 11 is 0. The van der Waals surface area contributed by atoms with E-state index in [-0.39, 0.29) is 24.4 Å². The number of carbonyl (C=O) groups excluding carboxylic acids is 1. The second-order valence-electron chi connectivity index (χ2n) is 5.25. The van der Waals surface area contributed by atoms with Crippen LogP contribution in [0, 0.1) is 11.8 Å². The normalized spacial score (nSPS) is 36.5. The Morgan fingerprint density at radius 2 is 2.06 bits per heavy atom. The Kier molecular flexibility index (Phi) is 4.28. The summed E-state index contributed by atoms with van der Waals surface area (Å²) in [7, 11) is 0. The minimum absolute atomic E-state index is 0. The number of piperidine rings is 1. The highest BCUT2D eigenvalue weighted by atomic mass is 35.5. The zero-order valence-corrected chi connectivity index (χ0v) is 10.9. The number of ether oxygens (including phenoxy) is 1. The van der Waals surface area contributed by atoms with Crippen molar-refractivity contribution in [1.82, 2.24) is 10.2 Å². The first kappa shape index (κ1) is 13.1. The van der Waals surface area contributed by atoms with Gasteiger partial charge in [-0.25, -0.2) is 0 Å². The van der Waals surface area contributed by atoms with Crippen LogP contribution in [0.4, 0.5) is 0 Å². The van der Waals surface area contributed by atoms with E-state index >= 15 is 0 Å². The lowest BCUT2D eigenvalue weighted by atomic mass is 9.88. The molecule has 3 aliphatic rings.